The predicted octanol–water partition coefficient (Wildman–Crippen LogP) is 1.71. The van der Waals surface area contributed by atoms with Gasteiger partial charge < -0.3 is 14.5 Å². The molecule has 1 radical (unpaired) electrons. The number of anilines is 1. The van der Waals surface area contributed by atoms with Gasteiger partial charge in [-0.25, -0.2) is 0 Å². The second-order valence-corrected chi connectivity index (χ2v) is 6.16. The van der Waals surface area contributed by atoms with Crippen LogP contribution in [0, 0.1) is 6.07 Å². The molecule has 0 atom stereocenters. The summed E-state index contributed by atoms with van der Waals surface area (Å²) in [4.78, 5) is 7.57. The number of rotatable bonds is 3. The summed E-state index contributed by atoms with van der Waals surface area (Å²) >= 11 is 0. The summed E-state index contributed by atoms with van der Waals surface area (Å²) in [6, 6.07) is 9.88. The van der Waals surface area contributed by atoms with Gasteiger partial charge in [0.25, 0.3) is 0 Å². The molecule has 0 spiro atoms. The van der Waals surface area contributed by atoms with Crippen LogP contribution < -0.4 is 9.64 Å². The van der Waals surface area contributed by atoms with E-state index < -0.39 is 0 Å². The zero-order chi connectivity index (χ0) is 14.7. The number of likely N-dealkylation sites (N-methyl/N-ethyl adjacent to an activating group) is 1. The molecular formula is C17H26N3O. The van der Waals surface area contributed by atoms with E-state index in [1.54, 1.807) is 7.11 Å². The molecule has 2 heterocycles. The van der Waals surface area contributed by atoms with Crippen molar-refractivity contribution in [1.82, 2.24) is 9.80 Å². The van der Waals surface area contributed by atoms with E-state index in [0.717, 1.165) is 24.9 Å². The van der Waals surface area contributed by atoms with Crippen LogP contribution in [0.3, 0.4) is 0 Å². The fourth-order valence-corrected chi connectivity index (χ4v) is 3.49. The number of benzene rings is 1. The molecule has 2 fully saturated rings. The van der Waals surface area contributed by atoms with Crippen LogP contribution >= 0.6 is 0 Å². The molecule has 2 aliphatic heterocycles. The molecule has 0 aliphatic carbocycles. The van der Waals surface area contributed by atoms with Crippen LogP contribution in [0.1, 0.15) is 12.8 Å². The quantitative estimate of drug-likeness (QED) is 0.843. The molecular weight excluding hydrogens is 262 g/mol. The lowest BCUT2D eigenvalue weighted by Gasteiger charge is -2.42. The summed E-state index contributed by atoms with van der Waals surface area (Å²) in [5.41, 5.74) is 1.22. The summed E-state index contributed by atoms with van der Waals surface area (Å²) in [7, 11) is 3.96. The molecule has 0 bridgehead atoms. The van der Waals surface area contributed by atoms with Crippen molar-refractivity contribution in [3.63, 3.8) is 0 Å². The maximum atomic E-state index is 5.46. The van der Waals surface area contributed by atoms with Gasteiger partial charge in [0.15, 0.2) is 0 Å². The first-order valence-electron chi connectivity index (χ1n) is 7.99. The van der Waals surface area contributed by atoms with E-state index >= 15 is 0 Å². The zero-order valence-corrected chi connectivity index (χ0v) is 13.2. The Morgan fingerprint density at radius 3 is 2.48 bits per heavy atom. The highest BCUT2D eigenvalue weighted by Crippen LogP contribution is 2.30. The number of piperidine rings is 1. The Morgan fingerprint density at radius 2 is 1.81 bits per heavy atom. The topological polar surface area (TPSA) is 19.0 Å². The zero-order valence-electron chi connectivity index (χ0n) is 13.2. The molecule has 1 aromatic rings. The highest BCUT2D eigenvalue weighted by Gasteiger charge is 2.27. The largest absolute Gasteiger partial charge is 0.495 e. The van der Waals surface area contributed by atoms with Gasteiger partial charge in [-0.2, -0.15) is 0 Å². The lowest BCUT2D eigenvalue weighted by Crippen LogP contribution is -2.52. The summed E-state index contributed by atoms with van der Waals surface area (Å²) < 4.78 is 5.46. The van der Waals surface area contributed by atoms with E-state index in [0.29, 0.717) is 0 Å². The monoisotopic (exact) mass is 288 g/mol. The Balaban J connectivity index is 1.57. The average molecular weight is 288 g/mol. The van der Waals surface area contributed by atoms with Gasteiger partial charge >= 0.3 is 0 Å². The summed E-state index contributed by atoms with van der Waals surface area (Å²) in [5, 5.41) is 0. The minimum atomic E-state index is 0.760. The van der Waals surface area contributed by atoms with Gasteiger partial charge in [-0.05, 0) is 38.1 Å². The van der Waals surface area contributed by atoms with E-state index in [2.05, 4.69) is 33.9 Å². The molecule has 4 heteroatoms. The normalized spacial score (nSPS) is 22.5. The molecule has 0 amide bonds. The number of nitrogens with zero attached hydrogens (tertiary/aromatic N) is 3. The third-order valence-corrected chi connectivity index (χ3v) is 4.88. The number of ether oxygens (including phenoxy) is 1. The van der Waals surface area contributed by atoms with Crippen LogP contribution in [-0.2, 0) is 0 Å². The van der Waals surface area contributed by atoms with Crippen molar-refractivity contribution in [3.8, 4) is 5.75 Å². The predicted molar refractivity (Wildman–Crippen MR) is 86.1 cm³/mol. The summed E-state index contributed by atoms with van der Waals surface area (Å²) in [6.45, 7) is 7.12. The minimum absolute atomic E-state index is 0.760. The first kappa shape index (κ1) is 14.7. The van der Waals surface area contributed by atoms with E-state index in [9.17, 15) is 0 Å². The molecule has 0 saturated carbocycles. The fraction of sp³-hybridized carbons (Fsp3) is 0.647. The van der Waals surface area contributed by atoms with Crippen molar-refractivity contribution < 1.29 is 4.74 Å². The molecule has 115 valence electrons. The third-order valence-electron chi connectivity index (χ3n) is 4.88. The molecule has 0 N–H and O–H groups in total. The molecule has 2 saturated heterocycles. The second kappa shape index (κ2) is 6.67. The lowest BCUT2D eigenvalue weighted by molar-refractivity contribution is 0.0981. The molecule has 21 heavy (non-hydrogen) atoms. The third kappa shape index (κ3) is 3.33. The standard InChI is InChI=1S/C17H26N3O/c1-18-11-13-19(14-12-18)15-7-9-20(10-8-15)16-5-3-4-6-17(16)21-2/h3,5-6,15H,7-14H2,1-2H3. The van der Waals surface area contributed by atoms with Crippen molar-refractivity contribution >= 4 is 5.69 Å². The van der Waals surface area contributed by atoms with Gasteiger partial charge in [0.1, 0.15) is 5.75 Å². The Morgan fingerprint density at radius 1 is 1.10 bits per heavy atom. The van der Waals surface area contributed by atoms with E-state index in [-0.39, 0.29) is 0 Å². The molecule has 0 unspecified atom stereocenters. The summed E-state index contributed by atoms with van der Waals surface area (Å²) in [5.74, 6) is 0.940. The van der Waals surface area contributed by atoms with Crippen LogP contribution in [0.2, 0.25) is 0 Å². The first-order valence-corrected chi connectivity index (χ1v) is 7.99. The van der Waals surface area contributed by atoms with Gasteiger partial charge in [-0.3, -0.25) is 4.90 Å². The fourth-order valence-electron chi connectivity index (χ4n) is 3.49. The summed E-state index contributed by atoms with van der Waals surface area (Å²) in [6.07, 6.45) is 2.51. The maximum absolute atomic E-state index is 5.46. The van der Waals surface area contributed by atoms with Crippen LogP contribution in [0.5, 0.6) is 5.75 Å². The lowest BCUT2D eigenvalue weighted by atomic mass is 10.0. The Kier molecular flexibility index (Phi) is 4.66. The number of methoxy groups -OCH3 is 1. The van der Waals surface area contributed by atoms with Crippen LogP contribution in [-0.4, -0.2) is 69.3 Å². The molecule has 3 rings (SSSR count). The van der Waals surface area contributed by atoms with Gasteiger partial charge in [0, 0.05) is 45.3 Å². The van der Waals surface area contributed by atoms with Crippen molar-refractivity contribution in [3.05, 3.63) is 24.3 Å². The second-order valence-electron chi connectivity index (χ2n) is 6.16. The minimum Gasteiger partial charge on any atom is -0.495 e. The van der Waals surface area contributed by atoms with Gasteiger partial charge in [0.2, 0.25) is 0 Å². The molecule has 0 aromatic heterocycles. The smallest absolute Gasteiger partial charge is 0.142 e. The highest BCUT2D eigenvalue weighted by atomic mass is 16.5. The van der Waals surface area contributed by atoms with Gasteiger partial charge in [-0.15, -0.1) is 0 Å². The maximum Gasteiger partial charge on any atom is 0.142 e. The van der Waals surface area contributed by atoms with Gasteiger partial charge in [-0.1, -0.05) is 6.07 Å². The van der Waals surface area contributed by atoms with Crippen LogP contribution in [0.25, 0.3) is 0 Å². The number of hydrogen-bond acceptors (Lipinski definition) is 4. The van der Waals surface area contributed by atoms with Crippen molar-refractivity contribution in [1.29, 1.82) is 0 Å². The number of piperazine rings is 1. The molecule has 4 nitrogen and oxygen atoms in total. The number of hydrogen-bond donors (Lipinski definition) is 0. The SMILES string of the molecule is COc1c[c]ccc1N1CCC(N2CCN(C)CC2)CC1. The van der Waals surface area contributed by atoms with E-state index in [1.807, 2.05) is 12.1 Å². The van der Waals surface area contributed by atoms with Gasteiger partial charge in [0.05, 0.1) is 12.8 Å². The molecule has 1 aromatic carbocycles. The van der Waals surface area contributed by atoms with Crippen LogP contribution in [0.15, 0.2) is 18.2 Å². The van der Waals surface area contributed by atoms with Crippen molar-refractivity contribution in [2.75, 3.05) is 58.3 Å². The van der Waals surface area contributed by atoms with Crippen molar-refractivity contribution in [2.24, 2.45) is 0 Å². The average Bonchev–Trinajstić information content (AvgIpc) is 2.56. The highest BCUT2D eigenvalue weighted by molar-refractivity contribution is 5.58. The Bertz CT molecular complexity index is 449. The Hall–Kier alpha value is -1.26. The molecule has 2 aliphatic rings. The van der Waals surface area contributed by atoms with E-state index in [4.69, 9.17) is 4.74 Å². The van der Waals surface area contributed by atoms with E-state index in [1.165, 1.54) is 44.7 Å². The van der Waals surface area contributed by atoms with Crippen LogP contribution in [0.4, 0.5) is 5.69 Å². The first-order chi connectivity index (χ1) is 10.3. The Labute approximate surface area is 128 Å². The van der Waals surface area contributed by atoms with Crippen molar-refractivity contribution in [2.45, 2.75) is 18.9 Å².